The fraction of sp³-hybridized carbons (Fsp3) is 0.533. The summed E-state index contributed by atoms with van der Waals surface area (Å²) in [5, 5.41) is 2.98. The second kappa shape index (κ2) is 6.37. The third-order valence-corrected chi connectivity index (χ3v) is 4.24. The van der Waals surface area contributed by atoms with Gasteiger partial charge < -0.3 is 5.32 Å². The molecule has 1 aromatic carbocycles. The van der Waals surface area contributed by atoms with Crippen LogP contribution in [0, 0.1) is 0 Å². The van der Waals surface area contributed by atoms with Crippen molar-refractivity contribution in [1.29, 1.82) is 0 Å². The van der Waals surface area contributed by atoms with Crippen molar-refractivity contribution in [2.45, 2.75) is 51.4 Å². The van der Waals surface area contributed by atoms with Crippen LogP contribution >= 0.6 is 15.9 Å². The lowest BCUT2D eigenvalue weighted by Gasteiger charge is -2.08. The Morgan fingerprint density at radius 1 is 1.22 bits per heavy atom. The van der Waals surface area contributed by atoms with Crippen molar-refractivity contribution in [3.05, 3.63) is 28.2 Å². The number of hydrogen-bond donors (Lipinski definition) is 1. The number of anilines is 1. The first-order valence-electron chi connectivity index (χ1n) is 6.83. The van der Waals surface area contributed by atoms with E-state index < -0.39 is 0 Å². The zero-order valence-corrected chi connectivity index (χ0v) is 12.4. The third-order valence-electron chi connectivity index (χ3n) is 3.58. The number of hydrogen-bond acceptors (Lipinski definition) is 1. The summed E-state index contributed by atoms with van der Waals surface area (Å²) in [6.07, 6.45) is 7.21. The zero-order valence-electron chi connectivity index (χ0n) is 10.8. The molecule has 1 N–H and O–H groups in total. The molecule has 1 atom stereocenters. The van der Waals surface area contributed by atoms with E-state index in [1.165, 1.54) is 25.7 Å². The molecule has 98 valence electrons. The SMILES string of the molecule is CCCCCCCC1C(=O)Nc2c(Br)cccc21. The number of nitrogens with one attached hydrogen (secondary N) is 1. The van der Waals surface area contributed by atoms with E-state index in [4.69, 9.17) is 0 Å². The topological polar surface area (TPSA) is 29.1 Å². The van der Waals surface area contributed by atoms with Crippen molar-refractivity contribution in [3.63, 3.8) is 0 Å². The van der Waals surface area contributed by atoms with Crippen LogP contribution in [0.5, 0.6) is 0 Å². The van der Waals surface area contributed by atoms with Gasteiger partial charge in [0.2, 0.25) is 5.91 Å². The number of carbonyl (C=O) groups is 1. The lowest BCUT2D eigenvalue weighted by atomic mass is 9.94. The summed E-state index contributed by atoms with van der Waals surface area (Å²) in [4.78, 5) is 12.0. The number of unbranched alkanes of at least 4 members (excludes halogenated alkanes) is 4. The predicted molar refractivity (Wildman–Crippen MR) is 78.9 cm³/mol. The molecule has 0 aromatic heterocycles. The van der Waals surface area contributed by atoms with Gasteiger partial charge in [-0.1, -0.05) is 51.2 Å². The van der Waals surface area contributed by atoms with Crippen LogP contribution in [0.25, 0.3) is 0 Å². The first-order chi connectivity index (χ1) is 8.74. The van der Waals surface area contributed by atoms with E-state index in [0.717, 1.165) is 28.6 Å². The molecule has 1 amide bonds. The highest BCUT2D eigenvalue weighted by atomic mass is 79.9. The van der Waals surface area contributed by atoms with Gasteiger partial charge in [0, 0.05) is 4.47 Å². The van der Waals surface area contributed by atoms with Crippen molar-refractivity contribution in [2.24, 2.45) is 0 Å². The summed E-state index contributed by atoms with van der Waals surface area (Å²) in [6, 6.07) is 6.05. The summed E-state index contributed by atoms with van der Waals surface area (Å²) < 4.78 is 0.988. The monoisotopic (exact) mass is 309 g/mol. The fourth-order valence-corrected chi connectivity index (χ4v) is 3.03. The Morgan fingerprint density at radius 3 is 2.78 bits per heavy atom. The van der Waals surface area contributed by atoms with Gasteiger partial charge in [0.15, 0.2) is 0 Å². The standard InChI is InChI=1S/C15H20BrNO/c1-2-3-4-5-6-8-12-11-9-7-10-13(16)14(11)17-15(12)18/h7,9-10,12H,2-6,8H2,1H3,(H,17,18). The molecule has 1 aliphatic heterocycles. The normalized spacial score (nSPS) is 17.7. The number of amides is 1. The van der Waals surface area contributed by atoms with Crippen LogP contribution in [-0.4, -0.2) is 5.91 Å². The predicted octanol–water partition coefficient (Wildman–Crippen LogP) is 4.85. The zero-order chi connectivity index (χ0) is 13.0. The molecule has 0 spiro atoms. The highest BCUT2D eigenvalue weighted by Crippen LogP contribution is 2.39. The Balaban J connectivity index is 1.94. The van der Waals surface area contributed by atoms with Crippen molar-refractivity contribution >= 4 is 27.5 Å². The molecule has 1 unspecified atom stereocenters. The van der Waals surface area contributed by atoms with E-state index in [0.29, 0.717) is 0 Å². The second-order valence-corrected chi connectivity index (χ2v) is 5.80. The molecule has 0 fully saturated rings. The van der Waals surface area contributed by atoms with Crippen LogP contribution in [0.15, 0.2) is 22.7 Å². The Kier molecular flexibility index (Phi) is 4.81. The molecule has 1 aliphatic rings. The number of halogens is 1. The summed E-state index contributed by atoms with van der Waals surface area (Å²) in [5.74, 6) is 0.214. The molecule has 18 heavy (non-hydrogen) atoms. The quantitative estimate of drug-likeness (QED) is 0.748. The van der Waals surface area contributed by atoms with E-state index in [1.54, 1.807) is 0 Å². The largest absolute Gasteiger partial charge is 0.324 e. The van der Waals surface area contributed by atoms with E-state index in [9.17, 15) is 4.79 Å². The molecule has 0 aliphatic carbocycles. The van der Waals surface area contributed by atoms with E-state index in [1.807, 2.05) is 12.1 Å². The van der Waals surface area contributed by atoms with Crippen LogP contribution in [0.2, 0.25) is 0 Å². The first kappa shape index (κ1) is 13.6. The van der Waals surface area contributed by atoms with Crippen molar-refractivity contribution < 1.29 is 4.79 Å². The first-order valence-corrected chi connectivity index (χ1v) is 7.62. The van der Waals surface area contributed by atoms with Gasteiger partial charge in [0.25, 0.3) is 0 Å². The number of rotatable bonds is 6. The van der Waals surface area contributed by atoms with Crippen LogP contribution in [-0.2, 0) is 4.79 Å². The van der Waals surface area contributed by atoms with Gasteiger partial charge in [0.1, 0.15) is 0 Å². The third kappa shape index (κ3) is 2.94. The maximum Gasteiger partial charge on any atom is 0.232 e. The maximum absolute atomic E-state index is 12.0. The molecule has 1 aromatic rings. The van der Waals surface area contributed by atoms with Gasteiger partial charge in [-0.2, -0.15) is 0 Å². The molecule has 1 heterocycles. The minimum atomic E-state index is 0.0547. The maximum atomic E-state index is 12.0. The summed E-state index contributed by atoms with van der Waals surface area (Å²) in [6.45, 7) is 2.22. The summed E-state index contributed by atoms with van der Waals surface area (Å²) >= 11 is 3.49. The lowest BCUT2D eigenvalue weighted by Crippen LogP contribution is -2.11. The number of benzene rings is 1. The molecule has 3 heteroatoms. The molecule has 0 bridgehead atoms. The molecular formula is C15H20BrNO. The van der Waals surface area contributed by atoms with Crippen LogP contribution in [0.1, 0.15) is 56.9 Å². The van der Waals surface area contributed by atoms with E-state index >= 15 is 0 Å². The minimum absolute atomic E-state index is 0.0547. The molecular weight excluding hydrogens is 290 g/mol. The van der Waals surface area contributed by atoms with Crippen molar-refractivity contribution in [1.82, 2.24) is 0 Å². The van der Waals surface area contributed by atoms with Crippen LogP contribution < -0.4 is 5.32 Å². The highest BCUT2D eigenvalue weighted by Gasteiger charge is 2.30. The summed E-state index contributed by atoms with van der Waals surface area (Å²) in [5.41, 5.74) is 2.13. The van der Waals surface area contributed by atoms with Gasteiger partial charge >= 0.3 is 0 Å². The second-order valence-electron chi connectivity index (χ2n) is 4.95. The molecule has 0 saturated heterocycles. The Morgan fingerprint density at radius 2 is 2.00 bits per heavy atom. The average Bonchev–Trinajstić information content (AvgIpc) is 2.68. The van der Waals surface area contributed by atoms with Crippen LogP contribution in [0.3, 0.4) is 0 Å². The lowest BCUT2D eigenvalue weighted by molar-refractivity contribution is -0.117. The molecule has 0 saturated carbocycles. The van der Waals surface area contributed by atoms with E-state index in [-0.39, 0.29) is 11.8 Å². The highest BCUT2D eigenvalue weighted by molar-refractivity contribution is 9.10. The molecule has 2 rings (SSSR count). The Labute approximate surface area is 117 Å². The van der Waals surface area contributed by atoms with Crippen molar-refractivity contribution in [3.8, 4) is 0 Å². The van der Waals surface area contributed by atoms with Gasteiger partial charge in [-0.15, -0.1) is 0 Å². The van der Waals surface area contributed by atoms with Gasteiger partial charge in [0.05, 0.1) is 11.6 Å². The number of fused-ring (bicyclic) bond motifs is 1. The smallest absolute Gasteiger partial charge is 0.232 e. The average molecular weight is 310 g/mol. The van der Waals surface area contributed by atoms with Gasteiger partial charge in [-0.05, 0) is 34.0 Å². The summed E-state index contributed by atoms with van der Waals surface area (Å²) in [7, 11) is 0. The molecule has 2 nitrogen and oxygen atoms in total. The van der Waals surface area contributed by atoms with Crippen LogP contribution in [0.4, 0.5) is 5.69 Å². The molecule has 0 radical (unpaired) electrons. The van der Waals surface area contributed by atoms with E-state index in [2.05, 4.69) is 34.2 Å². The van der Waals surface area contributed by atoms with Crippen molar-refractivity contribution in [2.75, 3.05) is 5.32 Å². The Hall–Kier alpha value is -0.830. The number of carbonyl (C=O) groups excluding carboxylic acids is 1. The van der Waals surface area contributed by atoms with Gasteiger partial charge in [-0.3, -0.25) is 4.79 Å². The van der Waals surface area contributed by atoms with Gasteiger partial charge in [-0.25, -0.2) is 0 Å². The Bertz CT molecular complexity index is 431. The fourth-order valence-electron chi connectivity index (χ4n) is 2.55. The number of para-hydroxylation sites is 1. The minimum Gasteiger partial charge on any atom is -0.324 e.